The second kappa shape index (κ2) is 6.51. The van der Waals surface area contributed by atoms with Gasteiger partial charge < -0.3 is 9.57 Å². The molecule has 0 amide bonds. The van der Waals surface area contributed by atoms with Crippen molar-refractivity contribution in [2.45, 2.75) is 72.0 Å². The third-order valence-corrected chi connectivity index (χ3v) is 5.65. The molecule has 1 aromatic carbocycles. The first kappa shape index (κ1) is 17.5. The molecule has 0 radical (unpaired) electrons. The van der Waals surface area contributed by atoms with Crippen LogP contribution in [0.3, 0.4) is 0 Å². The minimum Gasteiger partial charge on any atom is -0.387 e. The summed E-state index contributed by atoms with van der Waals surface area (Å²) in [6, 6.07) is 8.64. The van der Waals surface area contributed by atoms with Gasteiger partial charge in [-0.2, -0.15) is 0 Å². The lowest BCUT2D eigenvalue weighted by molar-refractivity contribution is -0.148. The van der Waals surface area contributed by atoms with Crippen LogP contribution < -0.4 is 0 Å². The molecule has 0 saturated heterocycles. The zero-order valence-corrected chi connectivity index (χ0v) is 15.8. The number of rotatable bonds is 4. The number of hydrogen-bond donors (Lipinski definition) is 0. The molecule has 0 saturated carbocycles. The number of hydrogen-bond acceptors (Lipinski definition) is 3. The minimum absolute atomic E-state index is 0.0778. The highest BCUT2D eigenvalue weighted by Gasteiger charge is 2.42. The molecular formula is C21H31NO2. The molecule has 0 aromatic heterocycles. The summed E-state index contributed by atoms with van der Waals surface area (Å²) in [5.74, 6) is 0.374. The van der Waals surface area contributed by atoms with Gasteiger partial charge in [-0.1, -0.05) is 64.0 Å². The standard InChI is InChI=1S/C21H31NO2/c1-15(2)21(13-12-19(22-24-21)20(3,4)5)14-23-18-11-10-16-8-6-7-9-17(16)18/h6-9,15,18H,10-14H2,1-5H3. The molecule has 0 fully saturated rings. The van der Waals surface area contributed by atoms with Crippen molar-refractivity contribution < 1.29 is 9.57 Å². The summed E-state index contributed by atoms with van der Waals surface area (Å²) in [7, 11) is 0. The Bertz CT molecular complexity index is 615. The van der Waals surface area contributed by atoms with Crippen LogP contribution in [0.2, 0.25) is 0 Å². The Hall–Kier alpha value is -1.35. The molecule has 0 bridgehead atoms. The molecule has 1 aliphatic carbocycles. The first-order valence-electron chi connectivity index (χ1n) is 9.27. The Morgan fingerprint density at radius 3 is 2.62 bits per heavy atom. The Morgan fingerprint density at radius 2 is 2.00 bits per heavy atom. The van der Waals surface area contributed by atoms with Gasteiger partial charge in [0.25, 0.3) is 0 Å². The SMILES string of the molecule is CC(C)C1(COC2CCc3ccccc32)CCC(C(C)(C)C)=NO1. The maximum atomic E-state index is 6.36. The van der Waals surface area contributed by atoms with E-state index < -0.39 is 0 Å². The van der Waals surface area contributed by atoms with Crippen LogP contribution in [0.1, 0.15) is 71.1 Å². The van der Waals surface area contributed by atoms with E-state index in [0.29, 0.717) is 12.5 Å². The number of ether oxygens (including phenoxy) is 1. The monoisotopic (exact) mass is 329 g/mol. The average molecular weight is 329 g/mol. The number of nitrogens with zero attached hydrogens (tertiary/aromatic N) is 1. The molecule has 2 atom stereocenters. The predicted molar refractivity (Wildman–Crippen MR) is 98.2 cm³/mol. The van der Waals surface area contributed by atoms with Crippen molar-refractivity contribution in [1.82, 2.24) is 0 Å². The third-order valence-electron chi connectivity index (χ3n) is 5.65. The van der Waals surface area contributed by atoms with E-state index in [4.69, 9.17) is 9.57 Å². The van der Waals surface area contributed by atoms with E-state index >= 15 is 0 Å². The summed E-state index contributed by atoms with van der Waals surface area (Å²) in [5.41, 5.74) is 3.72. The zero-order chi connectivity index (χ0) is 17.4. The number of aryl methyl sites for hydroxylation is 1. The fourth-order valence-corrected chi connectivity index (χ4v) is 3.67. The summed E-state index contributed by atoms with van der Waals surface area (Å²) in [5, 5.41) is 4.50. The topological polar surface area (TPSA) is 30.8 Å². The van der Waals surface area contributed by atoms with Crippen LogP contribution in [0.25, 0.3) is 0 Å². The fraction of sp³-hybridized carbons (Fsp3) is 0.667. The highest BCUT2D eigenvalue weighted by molar-refractivity contribution is 5.89. The van der Waals surface area contributed by atoms with E-state index in [9.17, 15) is 0 Å². The van der Waals surface area contributed by atoms with E-state index in [2.05, 4.69) is 64.0 Å². The van der Waals surface area contributed by atoms with Crippen molar-refractivity contribution in [1.29, 1.82) is 0 Å². The summed E-state index contributed by atoms with van der Waals surface area (Å²) >= 11 is 0. The minimum atomic E-state index is -0.299. The van der Waals surface area contributed by atoms with Gasteiger partial charge in [-0.25, -0.2) is 0 Å². The largest absolute Gasteiger partial charge is 0.387 e. The van der Waals surface area contributed by atoms with Crippen molar-refractivity contribution in [3.8, 4) is 0 Å². The summed E-state index contributed by atoms with van der Waals surface area (Å²) in [4.78, 5) is 6.08. The number of benzene rings is 1. The first-order valence-corrected chi connectivity index (χ1v) is 9.27. The Kier molecular flexibility index (Phi) is 4.74. The van der Waals surface area contributed by atoms with E-state index in [1.54, 1.807) is 0 Å². The molecule has 0 N–H and O–H groups in total. The second-order valence-corrected chi connectivity index (χ2v) is 8.64. The number of oxime groups is 1. The lowest BCUT2D eigenvalue weighted by Crippen LogP contribution is -2.46. The first-order chi connectivity index (χ1) is 11.3. The van der Waals surface area contributed by atoms with Crippen molar-refractivity contribution in [3.05, 3.63) is 35.4 Å². The van der Waals surface area contributed by atoms with Crippen LogP contribution in [-0.4, -0.2) is 17.9 Å². The van der Waals surface area contributed by atoms with E-state index in [0.717, 1.165) is 31.4 Å². The van der Waals surface area contributed by atoms with E-state index in [1.165, 1.54) is 11.1 Å². The normalized spacial score (nSPS) is 26.9. The molecular weight excluding hydrogens is 298 g/mol. The van der Waals surface area contributed by atoms with Gasteiger partial charge in [0.15, 0.2) is 5.60 Å². The molecule has 24 heavy (non-hydrogen) atoms. The van der Waals surface area contributed by atoms with Crippen LogP contribution >= 0.6 is 0 Å². The van der Waals surface area contributed by atoms with Gasteiger partial charge in [-0.05, 0) is 42.7 Å². The number of fused-ring (bicyclic) bond motifs is 1. The maximum absolute atomic E-state index is 6.36. The quantitative estimate of drug-likeness (QED) is 0.750. The lowest BCUT2D eigenvalue weighted by Gasteiger charge is -2.40. The third kappa shape index (κ3) is 3.37. The van der Waals surface area contributed by atoms with Crippen LogP contribution in [0.5, 0.6) is 0 Å². The highest BCUT2D eigenvalue weighted by atomic mass is 16.7. The summed E-state index contributed by atoms with van der Waals surface area (Å²) in [6.45, 7) is 11.6. The molecule has 1 aromatic rings. The van der Waals surface area contributed by atoms with Crippen LogP contribution in [-0.2, 0) is 16.0 Å². The van der Waals surface area contributed by atoms with Gasteiger partial charge >= 0.3 is 0 Å². The van der Waals surface area contributed by atoms with Crippen LogP contribution in [0, 0.1) is 11.3 Å². The Labute approximate surface area is 146 Å². The van der Waals surface area contributed by atoms with E-state index in [-0.39, 0.29) is 17.1 Å². The predicted octanol–water partition coefficient (Wildman–Crippen LogP) is 5.30. The summed E-state index contributed by atoms with van der Waals surface area (Å²) < 4.78 is 6.36. The van der Waals surface area contributed by atoms with E-state index in [1.807, 2.05) is 0 Å². The lowest BCUT2D eigenvalue weighted by atomic mass is 9.80. The second-order valence-electron chi connectivity index (χ2n) is 8.64. The molecule has 3 nitrogen and oxygen atoms in total. The van der Waals surface area contributed by atoms with Crippen molar-refractivity contribution in [2.24, 2.45) is 16.5 Å². The van der Waals surface area contributed by atoms with Gasteiger partial charge in [-0.3, -0.25) is 0 Å². The molecule has 2 aliphatic rings. The zero-order valence-electron chi connectivity index (χ0n) is 15.8. The van der Waals surface area contributed by atoms with Gasteiger partial charge in [0, 0.05) is 5.41 Å². The Morgan fingerprint density at radius 1 is 1.25 bits per heavy atom. The van der Waals surface area contributed by atoms with Crippen molar-refractivity contribution >= 4 is 5.71 Å². The molecule has 132 valence electrons. The van der Waals surface area contributed by atoms with Crippen LogP contribution in [0.4, 0.5) is 0 Å². The van der Waals surface area contributed by atoms with Gasteiger partial charge in [0.1, 0.15) is 0 Å². The van der Waals surface area contributed by atoms with Gasteiger partial charge in [0.2, 0.25) is 0 Å². The molecule has 0 spiro atoms. The highest BCUT2D eigenvalue weighted by Crippen LogP contribution is 2.39. The maximum Gasteiger partial charge on any atom is 0.163 e. The fourth-order valence-electron chi connectivity index (χ4n) is 3.67. The molecule has 2 unspecified atom stereocenters. The molecule has 3 heteroatoms. The van der Waals surface area contributed by atoms with Crippen molar-refractivity contribution in [2.75, 3.05) is 6.61 Å². The average Bonchev–Trinajstić information content (AvgIpc) is 2.95. The van der Waals surface area contributed by atoms with Crippen LogP contribution in [0.15, 0.2) is 29.4 Å². The van der Waals surface area contributed by atoms with Gasteiger partial charge in [-0.15, -0.1) is 0 Å². The molecule has 1 aliphatic heterocycles. The molecule has 3 rings (SSSR count). The van der Waals surface area contributed by atoms with Crippen molar-refractivity contribution in [3.63, 3.8) is 0 Å². The molecule has 1 heterocycles. The smallest absolute Gasteiger partial charge is 0.163 e. The Balaban J connectivity index is 1.69. The van der Waals surface area contributed by atoms with Gasteiger partial charge in [0.05, 0.1) is 18.4 Å². The summed E-state index contributed by atoms with van der Waals surface area (Å²) in [6.07, 6.45) is 4.36.